The second-order valence-corrected chi connectivity index (χ2v) is 7.61. The third-order valence-electron chi connectivity index (χ3n) is 4.28. The highest BCUT2D eigenvalue weighted by Gasteiger charge is 2.12. The van der Waals surface area contributed by atoms with Gasteiger partial charge < -0.3 is 15.4 Å². The van der Waals surface area contributed by atoms with Gasteiger partial charge in [0.15, 0.2) is 5.13 Å². The van der Waals surface area contributed by atoms with Crippen molar-refractivity contribution in [2.45, 2.75) is 19.8 Å². The van der Waals surface area contributed by atoms with Gasteiger partial charge in [-0.05, 0) is 48.9 Å². The second-order valence-electron chi connectivity index (χ2n) is 6.75. The number of anilines is 3. The first-order valence-electron chi connectivity index (χ1n) is 9.61. The lowest BCUT2D eigenvalue weighted by Crippen LogP contribution is -2.14. The molecule has 10 heteroatoms. The van der Waals surface area contributed by atoms with E-state index in [0.29, 0.717) is 39.9 Å². The Hall–Kier alpha value is -3.79. The Balaban J connectivity index is 1.55. The molecule has 0 aliphatic carbocycles. The lowest BCUT2D eigenvalue weighted by atomic mass is 10.2. The summed E-state index contributed by atoms with van der Waals surface area (Å²) in [7, 11) is 1.49. The van der Waals surface area contributed by atoms with Crippen molar-refractivity contribution in [1.29, 1.82) is 0 Å². The number of nitrogens with one attached hydrogen (secondary N) is 3. The van der Waals surface area contributed by atoms with Crippen molar-refractivity contribution in [3.05, 3.63) is 64.9 Å². The summed E-state index contributed by atoms with van der Waals surface area (Å²) in [6.45, 7) is 1.40. The first-order chi connectivity index (χ1) is 15.3. The van der Waals surface area contributed by atoms with Crippen LogP contribution in [0, 0.1) is 5.82 Å². The Kier molecular flexibility index (Phi) is 7.50. The SMILES string of the molecule is COc1ccc(NC(C)=O)cc1NC(=O)CCc1csc(NC(=O)c2ccc(F)cc2)n1. The minimum atomic E-state index is -0.421. The smallest absolute Gasteiger partial charge is 0.257 e. The molecule has 8 nitrogen and oxygen atoms in total. The topological polar surface area (TPSA) is 109 Å². The van der Waals surface area contributed by atoms with Gasteiger partial charge in [0.2, 0.25) is 11.8 Å². The number of methoxy groups -OCH3 is 1. The van der Waals surface area contributed by atoms with Crippen molar-refractivity contribution in [1.82, 2.24) is 4.98 Å². The summed E-state index contributed by atoms with van der Waals surface area (Å²) >= 11 is 1.24. The monoisotopic (exact) mass is 456 g/mol. The highest BCUT2D eigenvalue weighted by molar-refractivity contribution is 7.14. The number of nitrogens with zero attached hydrogens (tertiary/aromatic N) is 1. The van der Waals surface area contributed by atoms with E-state index in [1.165, 1.54) is 49.6 Å². The molecule has 3 N–H and O–H groups in total. The van der Waals surface area contributed by atoms with Gasteiger partial charge in [0, 0.05) is 30.0 Å². The molecule has 0 atom stereocenters. The normalized spacial score (nSPS) is 10.3. The van der Waals surface area contributed by atoms with Crippen molar-refractivity contribution in [2.24, 2.45) is 0 Å². The summed E-state index contributed by atoms with van der Waals surface area (Å²) in [4.78, 5) is 40.2. The van der Waals surface area contributed by atoms with Crippen molar-refractivity contribution < 1.29 is 23.5 Å². The van der Waals surface area contributed by atoms with E-state index in [9.17, 15) is 18.8 Å². The first kappa shape index (κ1) is 22.9. The molecular weight excluding hydrogens is 435 g/mol. The Morgan fingerprint density at radius 3 is 2.50 bits per heavy atom. The zero-order valence-electron chi connectivity index (χ0n) is 17.4. The molecule has 1 aromatic heterocycles. The van der Waals surface area contributed by atoms with E-state index in [2.05, 4.69) is 20.9 Å². The van der Waals surface area contributed by atoms with Crippen molar-refractivity contribution >= 4 is 45.6 Å². The summed E-state index contributed by atoms with van der Waals surface area (Å²) in [5, 5.41) is 10.2. The maximum Gasteiger partial charge on any atom is 0.257 e. The average molecular weight is 456 g/mol. The van der Waals surface area contributed by atoms with E-state index in [0.717, 1.165) is 0 Å². The summed E-state index contributed by atoms with van der Waals surface area (Å²) in [5.74, 6) is -0.830. The van der Waals surface area contributed by atoms with Gasteiger partial charge in [-0.1, -0.05) is 0 Å². The number of carbonyl (C=O) groups excluding carboxylic acids is 3. The van der Waals surface area contributed by atoms with Gasteiger partial charge in [-0.3, -0.25) is 19.7 Å². The van der Waals surface area contributed by atoms with Crippen molar-refractivity contribution in [3.63, 3.8) is 0 Å². The molecule has 2 aromatic carbocycles. The van der Waals surface area contributed by atoms with Gasteiger partial charge in [0.25, 0.3) is 5.91 Å². The zero-order valence-corrected chi connectivity index (χ0v) is 18.2. The Bertz CT molecular complexity index is 1130. The largest absolute Gasteiger partial charge is 0.495 e. The van der Waals surface area contributed by atoms with Crippen LogP contribution in [0.2, 0.25) is 0 Å². The molecule has 1 heterocycles. The third kappa shape index (κ3) is 6.35. The van der Waals surface area contributed by atoms with Crippen LogP contribution in [0.15, 0.2) is 47.8 Å². The third-order valence-corrected chi connectivity index (χ3v) is 5.09. The van der Waals surface area contributed by atoms with Crippen LogP contribution in [-0.4, -0.2) is 29.8 Å². The van der Waals surface area contributed by atoms with Gasteiger partial charge in [0.1, 0.15) is 11.6 Å². The molecule has 0 fully saturated rings. The van der Waals surface area contributed by atoms with Crippen LogP contribution in [0.1, 0.15) is 29.4 Å². The minimum Gasteiger partial charge on any atom is -0.495 e. The van der Waals surface area contributed by atoms with Gasteiger partial charge in [-0.15, -0.1) is 11.3 Å². The Morgan fingerprint density at radius 2 is 1.81 bits per heavy atom. The number of amides is 3. The summed E-state index contributed by atoms with van der Waals surface area (Å²) < 4.78 is 18.2. The fourth-order valence-electron chi connectivity index (χ4n) is 2.79. The van der Waals surface area contributed by atoms with Crippen LogP contribution in [0.3, 0.4) is 0 Å². The predicted molar refractivity (Wildman–Crippen MR) is 121 cm³/mol. The van der Waals surface area contributed by atoms with Gasteiger partial charge in [-0.25, -0.2) is 9.37 Å². The number of hydrogen-bond donors (Lipinski definition) is 3. The number of aryl methyl sites for hydroxylation is 1. The van der Waals surface area contributed by atoms with Crippen molar-refractivity contribution in [2.75, 3.05) is 23.1 Å². The molecule has 3 amide bonds. The maximum atomic E-state index is 13.0. The highest BCUT2D eigenvalue weighted by Crippen LogP contribution is 2.28. The van der Waals surface area contributed by atoms with E-state index in [-0.39, 0.29) is 18.2 Å². The summed E-state index contributed by atoms with van der Waals surface area (Å²) in [5.41, 5.74) is 1.94. The molecule has 0 aliphatic rings. The molecule has 0 spiro atoms. The number of aromatic nitrogens is 1. The van der Waals surface area contributed by atoms with E-state index >= 15 is 0 Å². The zero-order chi connectivity index (χ0) is 23.1. The van der Waals surface area contributed by atoms with Crippen LogP contribution in [0.25, 0.3) is 0 Å². The van der Waals surface area contributed by atoms with Gasteiger partial charge in [-0.2, -0.15) is 0 Å². The van der Waals surface area contributed by atoms with Crippen LogP contribution in [-0.2, 0) is 16.0 Å². The average Bonchev–Trinajstić information content (AvgIpc) is 3.20. The fraction of sp³-hybridized carbons (Fsp3) is 0.182. The molecule has 0 bridgehead atoms. The first-order valence-corrected chi connectivity index (χ1v) is 10.5. The van der Waals surface area contributed by atoms with E-state index in [1.807, 2.05) is 0 Å². The molecule has 0 unspecified atom stereocenters. The quantitative estimate of drug-likeness (QED) is 0.473. The second kappa shape index (κ2) is 10.5. The molecule has 0 saturated heterocycles. The van der Waals surface area contributed by atoms with E-state index in [1.54, 1.807) is 23.6 Å². The number of rotatable bonds is 8. The molecule has 32 heavy (non-hydrogen) atoms. The number of halogens is 1. The molecule has 0 saturated carbocycles. The lowest BCUT2D eigenvalue weighted by molar-refractivity contribution is -0.116. The number of ether oxygens (including phenoxy) is 1. The molecule has 0 aliphatic heterocycles. The number of carbonyl (C=O) groups is 3. The predicted octanol–water partition coefficient (Wildman–Crippen LogP) is 4.07. The van der Waals surface area contributed by atoms with E-state index in [4.69, 9.17) is 4.74 Å². The molecular formula is C22H21FN4O4S. The summed E-state index contributed by atoms with van der Waals surface area (Å²) in [6, 6.07) is 10.1. The van der Waals surface area contributed by atoms with Crippen molar-refractivity contribution in [3.8, 4) is 5.75 Å². The lowest BCUT2D eigenvalue weighted by Gasteiger charge is -2.12. The van der Waals surface area contributed by atoms with Crippen LogP contribution >= 0.6 is 11.3 Å². The number of thiazole rings is 1. The number of benzene rings is 2. The fourth-order valence-corrected chi connectivity index (χ4v) is 3.53. The maximum absolute atomic E-state index is 13.0. The highest BCUT2D eigenvalue weighted by atomic mass is 32.1. The molecule has 3 aromatic rings. The minimum absolute atomic E-state index is 0.155. The molecule has 3 rings (SSSR count). The van der Waals surface area contributed by atoms with Crippen LogP contribution in [0.5, 0.6) is 5.75 Å². The van der Waals surface area contributed by atoms with Gasteiger partial charge in [0.05, 0.1) is 18.5 Å². The van der Waals surface area contributed by atoms with Crippen LogP contribution in [0.4, 0.5) is 20.9 Å². The Labute approximate surface area is 187 Å². The molecule has 0 radical (unpaired) electrons. The molecule has 166 valence electrons. The van der Waals surface area contributed by atoms with E-state index < -0.39 is 11.7 Å². The van der Waals surface area contributed by atoms with Gasteiger partial charge >= 0.3 is 0 Å². The standard InChI is InChI=1S/C22H21FN4O4S/c1-13(28)24-16-7-9-19(31-2)18(11-16)26-20(29)10-8-17-12-32-22(25-17)27-21(30)14-3-5-15(23)6-4-14/h3-7,9,11-12H,8,10H2,1-2H3,(H,24,28)(H,26,29)(H,25,27,30). The number of hydrogen-bond acceptors (Lipinski definition) is 6. The summed E-state index contributed by atoms with van der Waals surface area (Å²) in [6.07, 6.45) is 0.519. The van der Waals surface area contributed by atoms with Crippen LogP contribution < -0.4 is 20.7 Å². The Morgan fingerprint density at radius 1 is 1.06 bits per heavy atom.